The van der Waals surface area contributed by atoms with E-state index in [2.05, 4.69) is 127 Å². The molecular formula is C50H59N5O5Si. The van der Waals surface area contributed by atoms with Gasteiger partial charge in [-0.15, -0.1) is 0 Å². The van der Waals surface area contributed by atoms with Crippen LogP contribution in [0.1, 0.15) is 62.8 Å². The van der Waals surface area contributed by atoms with E-state index < -0.39 is 14.4 Å². The molecule has 1 amide bonds. The summed E-state index contributed by atoms with van der Waals surface area (Å²) in [4.78, 5) is 32.0. The van der Waals surface area contributed by atoms with Gasteiger partial charge in [-0.05, 0) is 120 Å². The number of allylic oxidation sites excluding steroid dienone is 1. The van der Waals surface area contributed by atoms with Crippen LogP contribution >= 0.6 is 0 Å². The number of pyridine rings is 1. The zero-order valence-electron chi connectivity index (χ0n) is 36.0. The predicted molar refractivity (Wildman–Crippen MR) is 250 cm³/mol. The van der Waals surface area contributed by atoms with Crippen molar-refractivity contribution in [1.29, 1.82) is 0 Å². The first-order chi connectivity index (χ1) is 29.3. The van der Waals surface area contributed by atoms with Crippen molar-refractivity contribution in [3.8, 4) is 16.9 Å². The van der Waals surface area contributed by atoms with Crippen molar-refractivity contribution < 1.29 is 19.4 Å². The van der Waals surface area contributed by atoms with E-state index >= 15 is 0 Å². The summed E-state index contributed by atoms with van der Waals surface area (Å²) in [6.45, 7) is 16.1. The highest BCUT2D eigenvalue weighted by Gasteiger charge is 2.41. The molecule has 318 valence electrons. The number of piperidine rings is 3. The molecule has 5 heterocycles. The number of hydrogen-bond donors (Lipinski definition) is 4. The Bertz CT molecular complexity index is 2600. The van der Waals surface area contributed by atoms with Crippen LogP contribution in [0.2, 0.25) is 18.1 Å². The average Bonchev–Trinajstić information content (AvgIpc) is 3.65. The Morgan fingerprint density at radius 1 is 1.00 bits per heavy atom. The second kappa shape index (κ2) is 17.5. The summed E-state index contributed by atoms with van der Waals surface area (Å²) < 4.78 is 9.29. The molecule has 2 bridgehead atoms. The van der Waals surface area contributed by atoms with Crippen LogP contribution in [0.25, 0.3) is 39.0 Å². The van der Waals surface area contributed by atoms with E-state index in [0.717, 1.165) is 78.8 Å². The van der Waals surface area contributed by atoms with Gasteiger partial charge in [0.05, 0.1) is 23.3 Å². The van der Waals surface area contributed by atoms with Gasteiger partial charge in [-0.25, -0.2) is 4.79 Å². The number of nitrogens with zero attached hydrogens (tertiary/aromatic N) is 3. The number of carboxylic acid groups (broad SMARTS) is 1. The van der Waals surface area contributed by atoms with Crippen LogP contribution < -0.4 is 15.8 Å². The summed E-state index contributed by atoms with van der Waals surface area (Å²) in [6, 6.07) is 31.9. The molecule has 0 saturated carbocycles. The molecule has 2 aromatic heterocycles. The van der Waals surface area contributed by atoms with Gasteiger partial charge >= 0.3 is 6.09 Å². The number of amides is 1. The number of aromatic amines is 1. The minimum Gasteiger partial charge on any atom is -0.506 e. The Kier molecular flexibility index (Phi) is 12.1. The highest BCUT2D eigenvalue weighted by molar-refractivity contribution is 6.74. The fourth-order valence-corrected chi connectivity index (χ4v) is 10.3. The van der Waals surface area contributed by atoms with Crippen molar-refractivity contribution in [2.45, 2.75) is 83.4 Å². The minimum absolute atomic E-state index is 0.00547. The quantitative estimate of drug-likeness (QED) is 0.0806. The van der Waals surface area contributed by atoms with Crippen LogP contribution in [-0.4, -0.2) is 71.3 Å². The lowest BCUT2D eigenvalue weighted by Gasteiger charge is -2.48. The van der Waals surface area contributed by atoms with E-state index in [9.17, 15) is 19.8 Å². The van der Waals surface area contributed by atoms with E-state index in [0.29, 0.717) is 24.5 Å². The summed E-state index contributed by atoms with van der Waals surface area (Å²) >= 11 is 0. The van der Waals surface area contributed by atoms with E-state index in [1.54, 1.807) is 17.0 Å². The van der Waals surface area contributed by atoms with Crippen molar-refractivity contribution in [3.63, 3.8) is 0 Å². The van der Waals surface area contributed by atoms with Crippen LogP contribution in [0.4, 0.5) is 10.5 Å². The Morgan fingerprint density at radius 3 is 2.51 bits per heavy atom. The van der Waals surface area contributed by atoms with E-state index in [4.69, 9.17) is 4.43 Å². The molecule has 3 aliphatic heterocycles. The topological polar surface area (TPSA) is 123 Å². The molecule has 0 aliphatic carbocycles. The van der Waals surface area contributed by atoms with Gasteiger partial charge in [0.25, 0.3) is 0 Å². The Hall–Kier alpha value is -5.46. The van der Waals surface area contributed by atoms with Crippen molar-refractivity contribution >= 4 is 48.0 Å². The lowest BCUT2D eigenvalue weighted by Crippen LogP contribution is -2.59. The van der Waals surface area contributed by atoms with Gasteiger partial charge in [-0.3, -0.25) is 9.69 Å². The molecule has 61 heavy (non-hydrogen) atoms. The number of H-pyrrole nitrogens is 1. The Labute approximate surface area is 359 Å². The third-order valence-electron chi connectivity index (χ3n) is 13.4. The summed E-state index contributed by atoms with van der Waals surface area (Å²) in [6.07, 6.45) is 8.17. The third kappa shape index (κ3) is 9.11. The van der Waals surface area contributed by atoms with Crippen molar-refractivity contribution in [2.75, 3.05) is 31.1 Å². The van der Waals surface area contributed by atoms with Gasteiger partial charge in [0, 0.05) is 54.9 Å². The zero-order valence-corrected chi connectivity index (χ0v) is 37.0. The molecule has 3 fully saturated rings. The van der Waals surface area contributed by atoms with E-state index in [1.165, 1.54) is 22.5 Å². The number of hydrogen-bond acceptors (Lipinski definition) is 6. The number of phenolic OH excluding ortho intramolecular Hbond substituents is 1. The third-order valence-corrected chi connectivity index (χ3v) is 17.8. The Morgan fingerprint density at radius 2 is 1.79 bits per heavy atom. The SMILES string of the molecule is CC(C)(C)[Si](C)(C)O[C@@H](CNCc1ccc2c(ccn2CC/C=C/c2ccc(-c3ccccc3)c(N(C(=O)O)[C@H]3CN4CCC3CC4)c2)c1)c1ccc(O)c2[nH]c(=O)ccc12. The predicted octanol–water partition coefficient (Wildman–Crippen LogP) is 10.4. The van der Waals surface area contributed by atoms with Gasteiger partial charge in [0.2, 0.25) is 5.56 Å². The van der Waals surface area contributed by atoms with Gasteiger partial charge in [-0.2, -0.15) is 0 Å². The summed E-state index contributed by atoms with van der Waals surface area (Å²) in [5, 5.41) is 26.9. The fourth-order valence-electron chi connectivity index (χ4n) is 8.99. The molecule has 0 unspecified atom stereocenters. The standard InChI is InChI=1S/C50H59N5O5Si/c1-50(2,3)61(4,5)60-46(40-17-20-45(56)48-41(40)18-21-47(57)52-48)32-51-31-35-15-19-42-38(29-35)24-28-54(42)25-10-9-11-34-14-16-39(36-12-7-6-8-13-36)43(30-34)55(49(58)59)44-33-53-26-22-37(44)23-27-53/h6-9,11-21,24,28-30,37,44,46,51,56H,10,22-23,25-27,31-33H2,1-5H3,(H,52,57)(H,58,59)/b11-9+/t44-,46-/m0/s1. The largest absolute Gasteiger partial charge is 0.506 e. The number of aromatic nitrogens is 2. The van der Waals surface area contributed by atoms with Crippen molar-refractivity contribution in [3.05, 3.63) is 136 Å². The highest BCUT2D eigenvalue weighted by atomic mass is 28.4. The number of benzene rings is 4. The van der Waals surface area contributed by atoms with Crippen LogP contribution in [-0.2, 0) is 17.5 Å². The molecule has 4 N–H and O–H groups in total. The molecule has 6 aromatic rings. The normalized spacial score (nSPS) is 18.6. The van der Waals surface area contributed by atoms with Crippen molar-refractivity contribution in [2.24, 2.45) is 5.92 Å². The molecule has 9 rings (SSSR count). The second-order valence-electron chi connectivity index (χ2n) is 18.4. The summed E-state index contributed by atoms with van der Waals surface area (Å²) in [5.74, 6) is 0.415. The van der Waals surface area contributed by atoms with Crippen LogP contribution in [0.3, 0.4) is 0 Å². The summed E-state index contributed by atoms with van der Waals surface area (Å²) in [5.41, 5.74) is 7.13. The number of fused-ring (bicyclic) bond motifs is 5. The molecular weight excluding hydrogens is 779 g/mol. The zero-order chi connectivity index (χ0) is 42.9. The molecule has 3 saturated heterocycles. The number of rotatable bonds is 14. The van der Waals surface area contributed by atoms with Gasteiger partial charge < -0.3 is 34.4 Å². The van der Waals surface area contributed by atoms with Crippen LogP contribution in [0.5, 0.6) is 5.75 Å². The monoisotopic (exact) mass is 837 g/mol. The number of anilines is 1. The average molecular weight is 838 g/mol. The lowest BCUT2D eigenvalue weighted by molar-refractivity contribution is 0.0838. The first kappa shape index (κ1) is 42.2. The van der Waals surface area contributed by atoms with Crippen molar-refractivity contribution in [1.82, 2.24) is 19.8 Å². The second-order valence-corrected chi connectivity index (χ2v) is 23.1. The van der Waals surface area contributed by atoms with Gasteiger partial charge in [-0.1, -0.05) is 87.5 Å². The molecule has 0 radical (unpaired) electrons. The number of nitrogens with one attached hydrogen (secondary N) is 2. The summed E-state index contributed by atoms with van der Waals surface area (Å²) in [7, 11) is -2.20. The van der Waals surface area contributed by atoms with E-state index in [-0.39, 0.29) is 28.5 Å². The first-order valence-electron chi connectivity index (χ1n) is 21.7. The molecule has 11 heteroatoms. The molecule has 4 aromatic carbocycles. The minimum atomic E-state index is -2.20. The smallest absolute Gasteiger partial charge is 0.412 e. The van der Waals surface area contributed by atoms with E-state index in [1.807, 2.05) is 24.3 Å². The van der Waals surface area contributed by atoms with Crippen LogP contribution in [0, 0.1) is 5.92 Å². The molecule has 10 nitrogen and oxygen atoms in total. The van der Waals surface area contributed by atoms with Gasteiger partial charge in [0.15, 0.2) is 8.32 Å². The highest BCUT2D eigenvalue weighted by Crippen LogP contribution is 2.42. The lowest BCUT2D eigenvalue weighted by atomic mass is 9.82. The maximum Gasteiger partial charge on any atom is 0.412 e. The maximum atomic E-state index is 13.0. The van der Waals surface area contributed by atoms with Crippen LogP contribution in [0.15, 0.2) is 114 Å². The molecule has 2 atom stereocenters. The molecule has 3 aliphatic rings. The Balaban J connectivity index is 0.949. The maximum absolute atomic E-state index is 13.0. The number of phenols is 1. The van der Waals surface area contributed by atoms with Gasteiger partial charge in [0.1, 0.15) is 5.75 Å². The first-order valence-corrected chi connectivity index (χ1v) is 24.6. The fraction of sp³-hybridized carbons (Fsp3) is 0.360. The number of aryl methyl sites for hydroxylation is 1. The number of carbonyl (C=O) groups is 1. The number of aromatic hydroxyl groups is 1. The molecule has 0 spiro atoms.